The first-order valence-corrected chi connectivity index (χ1v) is 7.38. The molecule has 0 aromatic carbocycles. The largest absolute Gasteiger partial charge is 0.394 e. The van der Waals surface area contributed by atoms with Gasteiger partial charge in [0.05, 0.1) is 12.6 Å². The average molecular weight is 277 g/mol. The predicted octanol–water partition coefficient (Wildman–Crippen LogP) is 1.89. The van der Waals surface area contributed by atoms with Gasteiger partial charge in [0.1, 0.15) is 5.69 Å². The first kappa shape index (κ1) is 14.8. The fourth-order valence-electron chi connectivity index (χ4n) is 2.53. The summed E-state index contributed by atoms with van der Waals surface area (Å²) in [6.07, 6.45) is 5.63. The van der Waals surface area contributed by atoms with E-state index in [4.69, 9.17) is 0 Å². The van der Waals surface area contributed by atoms with E-state index in [0.29, 0.717) is 12.2 Å². The van der Waals surface area contributed by atoms with E-state index in [-0.39, 0.29) is 18.6 Å². The van der Waals surface area contributed by atoms with E-state index in [1.165, 1.54) is 0 Å². The summed E-state index contributed by atoms with van der Waals surface area (Å²) < 4.78 is 0. The van der Waals surface area contributed by atoms with Crippen LogP contribution in [0.4, 0.5) is 5.69 Å². The summed E-state index contributed by atoms with van der Waals surface area (Å²) in [7, 11) is 0. The fraction of sp³-hybridized carbons (Fsp3) is 0.600. The van der Waals surface area contributed by atoms with E-state index in [1.807, 2.05) is 6.07 Å². The van der Waals surface area contributed by atoms with Gasteiger partial charge in [0.25, 0.3) is 5.91 Å². The van der Waals surface area contributed by atoms with Gasteiger partial charge in [-0.3, -0.25) is 9.78 Å². The van der Waals surface area contributed by atoms with Crippen LogP contribution < -0.4 is 5.32 Å². The molecule has 20 heavy (non-hydrogen) atoms. The van der Waals surface area contributed by atoms with Gasteiger partial charge in [-0.25, -0.2) is 0 Å². The zero-order valence-electron chi connectivity index (χ0n) is 12.0. The highest BCUT2D eigenvalue weighted by molar-refractivity contribution is 5.93. The van der Waals surface area contributed by atoms with E-state index in [9.17, 15) is 9.90 Å². The third kappa shape index (κ3) is 3.48. The number of nitrogens with zero attached hydrogens (tertiary/aromatic N) is 2. The summed E-state index contributed by atoms with van der Waals surface area (Å²) in [6, 6.07) is 3.60. The minimum absolute atomic E-state index is 0.0273. The lowest BCUT2D eigenvalue weighted by atomic mass is 10.0. The fourth-order valence-corrected chi connectivity index (χ4v) is 2.53. The van der Waals surface area contributed by atoms with Crippen molar-refractivity contribution in [2.24, 2.45) is 0 Å². The number of carbonyl (C=O) groups excluding carboxylic acids is 1. The molecule has 1 amide bonds. The van der Waals surface area contributed by atoms with E-state index in [1.54, 1.807) is 17.2 Å². The molecule has 1 aliphatic heterocycles. The number of likely N-dealkylation sites (tertiary alicyclic amines) is 1. The number of aliphatic hydroxyl groups excluding tert-OH is 1. The topological polar surface area (TPSA) is 65.5 Å². The molecular formula is C15H23N3O2. The SMILES string of the molecule is CCCNc1ccnc(C(=O)N2CCCCC2CO)c1. The van der Waals surface area contributed by atoms with Crippen LogP contribution in [0.1, 0.15) is 43.1 Å². The normalized spacial score (nSPS) is 18.9. The maximum atomic E-state index is 12.5. The monoisotopic (exact) mass is 277 g/mol. The smallest absolute Gasteiger partial charge is 0.272 e. The number of piperidine rings is 1. The Morgan fingerprint density at radius 1 is 1.55 bits per heavy atom. The Balaban J connectivity index is 2.11. The molecule has 1 aromatic rings. The number of amides is 1. The molecule has 1 aromatic heterocycles. The van der Waals surface area contributed by atoms with Gasteiger partial charge in [-0.2, -0.15) is 0 Å². The van der Waals surface area contributed by atoms with Crippen LogP contribution in [0.2, 0.25) is 0 Å². The van der Waals surface area contributed by atoms with Crippen molar-refractivity contribution in [1.82, 2.24) is 9.88 Å². The number of rotatable bonds is 5. The number of carbonyl (C=O) groups is 1. The van der Waals surface area contributed by atoms with Gasteiger partial charge in [0.15, 0.2) is 0 Å². The Hall–Kier alpha value is -1.62. The maximum Gasteiger partial charge on any atom is 0.272 e. The summed E-state index contributed by atoms with van der Waals surface area (Å²) in [5.41, 5.74) is 1.37. The Bertz CT molecular complexity index is 450. The first-order valence-electron chi connectivity index (χ1n) is 7.38. The number of hydrogen-bond acceptors (Lipinski definition) is 4. The quantitative estimate of drug-likeness (QED) is 0.862. The first-order chi connectivity index (χ1) is 9.76. The number of pyridine rings is 1. The van der Waals surface area contributed by atoms with Crippen LogP contribution in [0.3, 0.4) is 0 Å². The lowest BCUT2D eigenvalue weighted by molar-refractivity contribution is 0.0497. The summed E-state index contributed by atoms with van der Waals surface area (Å²) in [6.45, 7) is 3.71. The van der Waals surface area contributed by atoms with Crippen molar-refractivity contribution in [1.29, 1.82) is 0 Å². The molecule has 1 fully saturated rings. The van der Waals surface area contributed by atoms with Crippen LogP contribution in [-0.4, -0.2) is 46.6 Å². The molecular weight excluding hydrogens is 254 g/mol. The molecule has 2 rings (SSSR count). The zero-order valence-corrected chi connectivity index (χ0v) is 12.0. The highest BCUT2D eigenvalue weighted by atomic mass is 16.3. The van der Waals surface area contributed by atoms with Crippen LogP contribution in [0.25, 0.3) is 0 Å². The standard InChI is InChI=1S/C15H23N3O2/c1-2-7-16-12-6-8-17-14(10-12)15(20)18-9-4-3-5-13(18)11-19/h6,8,10,13,19H,2-5,7,9,11H2,1H3,(H,16,17). The van der Waals surface area contributed by atoms with Gasteiger partial charge >= 0.3 is 0 Å². The van der Waals surface area contributed by atoms with E-state index < -0.39 is 0 Å². The van der Waals surface area contributed by atoms with Crippen molar-refractivity contribution in [2.75, 3.05) is 25.0 Å². The Morgan fingerprint density at radius 3 is 3.15 bits per heavy atom. The number of nitrogens with one attached hydrogen (secondary N) is 1. The van der Waals surface area contributed by atoms with Crippen LogP contribution in [0.5, 0.6) is 0 Å². The second-order valence-electron chi connectivity index (χ2n) is 5.19. The minimum Gasteiger partial charge on any atom is -0.394 e. The molecule has 0 radical (unpaired) electrons. The van der Waals surface area contributed by atoms with Gasteiger partial charge in [-0.1, -0.05) is 6.92 Å². The lowest BCUT2D eigenvalue weighted by Crippen LogP contribution is -2.45. The Morgan fingerprint density at radius 2 is 2.40 bits per heavy atom. The predicted molar refractivity (Wildman–Crippen MR) is 78.8 cm³/mol. The molecule has 0 saturated carbocycles. The highest BCUT2D eigenvalue weighted by Gasteiger charge is 2.27. The van der Waals surface area contributed by atoms with Crippen molar-refractivity contribution in [3.05, 3.63) is 24.0 Å². The van der Waals surface area contributed by atoms with Crippen LogP contribution in [-0.2, 0) is 0 Å². The molecule has 0 aliphatic carbocycles. The molecule has 1 saturated heterocycles. The molecule has 5 heteroatoms. The van der Waals surface area contributed by atoms with E-state index in [2.05, 4.69) is 17.2 Å². The number of hydrogen-bond donors (Lipinski definition) is 2. The van der Waals surface area contributed by atoms with Crippen molar-refractivity contribution in [2.45, 2.75) is 38.6 Å². The van der Waals surface area contributed by atoms with Crippen LogP contribution in [0, 0.1) is 0 Å². The van der Waals surface area contributed by atoms with Gasteiger partial charge in [-0.05, 0) is 37.8 Å². The van der Waals surface area contributed by atoms with Crippen molar-refractivity contribution < 1.29 is 9.90 Å². The summed E-state index contributed by atoms with van der Waals surface area (Å²) in [5, 5.41) is 12.7. The maximum absolute atomic E-state index is 12.5. The van der Waals surface area contributed by atoms with E-state index >= 15 is 0 Å². The third-order valence-corrected chi connectivity index (χ3v) is 3.66. The molecule has 2 N–H and O–H groups in total. The molecule has 0 bridgehead atoms. The Kier molecular flexibility index (Phi) is 5.35. The highest BCUT2D eigenvalue weighted by Crippen LogP contribution is 2.19. The molecule has 2 heterocycles. The number of aromatic nitrogens is 1. The second kappa shape index (κ2) is 7.24. The molecule has 110 valence electrons. The van der Waals surface area contributed by atoms with Crippen molar-refractivity contribution in [3.63, 3.8) is 0 Å². The number of aliphatic hydroxyl groups is 1. The molecule has 1 aliphatic rings. The van der Waals surface area contributed by atoms with Gasteiger partial charge < -0.3 is 15.3 Å². The number of anilines is 1. The van der Waals surface area contributed by atoms with Crippen molar-refractivity contribution in [3.8, 4) is 0 Å². The lowest BCUT2D eigenvalue weighted by Gasteiger charge is -2.34. The van der Waals surface area contributed by atoms with Gasteiger partial charge in [-0.15, -0.1) is 0 Å². The third-order valence-electron chi connectivity index (χ3n) is 3.66. The van der Waals surface area contributed by atoms with Gasteiger partial charge in [0, 0.05) is 25.0 Å². The van der Waals surface area contributed by atoms with E-state index in [0.717, 1.165) is 37.9 Å². The zero-order chi connectivity index (χ0) is 14.4. The molecule has 0 spiro atoms. The second-order valence-corrected chi connectivity index (χ2v) is 5.19. The molecule has 1 atom stereocenters. The molecule has 1 unspecified atom stereocenters. The minimum atomic E-state index is -0.0797. The average Bonchev–Trinajstić information content (AvgIpc) is 2.52. The summed E-state index contributed by atoms with van der Waals surface area (Å²) in [4.78, 5) is 18.5. The molecule has 5 nitrogen and oxygen atoms in total. The van der Waals surface area contributed by atoms with Crippen molar-refractivity contribution >= 4 is 11.6 Å². The van der Waals surface area contributed by atoms with Gasteiger partial charge in [0.2, 0.25) is 0 Å². The Labute approximate surface area is 120 Å². The van der Waals surface area contributed by atoms with Crippen LogP contribution >= 0.6 is 0 Å². The summed E-state index contributed by atoms with van der Waals surface area (Å²) >= 11 is 0. The summed E-state index contributed by atoms with van der Waals surface area (Å²) in [5.74, 6) is -0.0797. The van der Waals surface area contributed by atoms with Crippen LogP contribution in [0.15, 0.2) is 18.3 Å².